The molecule has 4 heteroatoms. The van der Waals surface area contributed by atoms with Gasteiger partial charge in [-0.05, 0) is 35.2 Å². The average molecular weight is 331 g/mol. The first-order valence-corrected chi connectivity index (χ1v) is 8.75. The van der Waals surface area contributed by atoms with Gasteiger partial charge >= 0.3 is 5.97 Å². The third-order valence-corrected chi connectivity index (χ3v) is 5.00. The lowest BCUT2D eigenvalue weighted by molar-refractivity contribution is -0.138. The van der Waals surface area contributed by atoms with Gasteiger partial charge in [0.15, 0.2) is 0 Å². The van der Waals surface area contributed by atoms with Crippen LogP contribution in [0.15, 0.2) is 36.4 Å². The molecule has 0 aliphatic carbocycles. The Morgan fingerprint density at radius 2 is 1.78 bits per heavy atom. The van der Waals surface area contributed by atoms with Crippen LogP contribution in [0.3, 0.4) is 0 Å². The standard InChI is InChI=1S/C19H25NO2S/c1-5-20(13-18(21)22)12-16-10-11-17(23-16)14-6-8-15(9-7-14)19(2,3)4/h6-11H,5,12-13H2,1-4H3,(H,21,22). The smallest absolute Gasteiger partial charge is 0.317 e. The molecule has 1 heterocycles. The Hall–Kier alpha value is -1.65. The molecule has 124 valence electrons. The van der Waals surface area contributed by atoms with E-state index in [4.69, 9.17) is 5.11 Å². The summed E-state index contributed by atoms with van der Waals surface area (Å²) in [5.41, 5.74) is 2.71. The molecule has 0 aliphatic heterocycles. The highest BCUT2D eigenvalue weighted by Crippen LogP contribution is 2.31. The van der Waals surface area contributed by atoms with Crippen molar-refractivity contribution in [2.75, 3.05) is 13.1 Å². The number of likely N-dealkylation sites (N-methyl/N-ethyl adjacent to an activating group) is 1. The van der Waals surface area contributed by atoms with Gasteiger partial charge in [-0.3, -0.25) is 9.69 Å². The van der Waals surface area contributed by atoms with E-state index in [1.807, 2.05) is 11.8 Å². The second-order valence-corrected chi connectivity index (χ2v) is 7.96. The van der Waals surface area contributed by atoms with E-state index in [-0.39, 0.29) is 12.0 Å². The van der Waals surface area contributed by atoms with E-state index < -0.39 is 5.97 Å². The molecule has 0 aliphatic rings. The van der Waals surface area contributed by atoms with E-state index in [0.717, 1.165) is 6.54 Å². The van der Waals surface area contributed by atoms with Crippen LogP contribution < -0.4 is 0 Å². The van der Waals surface area contributed by atoms with Gasteiger partial charge < -0.3 is 5.11 Å². The van der Waals surface area contributed by atoms with Crippen LogP contribution in [0.25, 0.3) is 10.4 Å². The van der Waals surface area contributed by atoms with Crippen molar-refractivity contribution in [2.24, 2.45) is 0 Å². The largest absolute Gasteiger partial charge is 0.480 e. The monoisotopic (exact) mass is 331 g/mol. The first-order chi connectivity index (χ1) is 10.8. The zero-order valence-electron chi connectivity index (χ0n) is 14.3. The molecule has 0 unspecified atom stereocenters. The number of nitrogens with zero attached hydrogens (tertiary/aromatic N) is 1. The number of rotatable bonds is 6. The molecule has 0 saturated carbocycles. The van der Waals surface area contributed by atoms with Crippen LogP contribution in [0.5, 0.6) is 0 Å². The molecule has 0 amide bonds. The number of hydrogen-bond donors (Lipinski definition) is 1. The molecule has 0 fully saturated rings. The molecule has 0 atom stereocenters. The summed E-state index contributed by atoms with van der Waals surface area (Å²) in [4.78, 5) is 15.2. The minimum atomic E-state index is -0.776. The Morgan fingerprint density at radius 3 is 2.30 bits per heavy atom. The molecule has 0 saturated heterocycles. The lowest BCUT2D eigenvalue weighted by Crippen LogP contribution is -2.28. The summed E-state index contributed by atoms with van der Waals surface area (Å²) >= 11 is 1.74. The molecular formula is C19H25NO2S. The van der Waals surface area contributed by atoms with Crippen molar-refractivity contribution in [1.29, 1.82) is 0 Å². The van der Waals surface area contributed by atoms with Crippen molar-refractivity contribution >= 4 is 17.3 Å². The Labute approximate surface area is 142 Å². The summed E-state index contributed by atoms with van der Waals surface area (Å²) < 4.78 is 0. The van der Waals surface area contributed by atoms with Gasteiger partial charge in [0, 0.05) is 16.3 Å². The van der Waals surface area contributed by atoms with Gasteiger partial charge in [-0.1, -0.05) is 52.0 Å². The van der Waals surface area contributed by atoms with E-state index in [1.165, 1.54) is 20.9 Å². The number of aliphatic carboxylic acids is 1. The summed E-state index contributed by atoms with van der Waals surface area (Å²) in [6.45, 7) is 10.1. The summed E-state index contributed by atoms with van der Waals surface area (Å²) in [7, 11) is 0. The molecule has 2 rings (SSSR count). The number of thiophene rings is 1. The molecule has 1 N–H and O–H groups in total. The Balaban J connectivity index is 2.11. The van der Waals surface area contributed by atoms with Crippen LogP contribution >= 0.6 is 11.3 Å². The van der Waals surface area contributed by atoms with Crippen molar-refractivity contribution in [2.45, 2.75) is 39.7 Å². The molecule has 1 aromatic heterocycles. The minimum Gasteiger partial charge on any atom is -0.480 e. The van der Waals surface area contributed by atoms with Gasteiger partial charge in [0.1, 0.15) is 0 Å². The predicted molar refractivity (Wildman–Crippen MR) is 97.0 cm³/mol. The van der Waals surface area contributed by atoms with E-state index in [0.29, 0.717) is 6.54 Å². The van der Waals surface area contributed by atoms with Crippen molar-refractivity contribution in [1.82, 2.24) is 4.90 Å². The topological polar surface area (TPSA) is 40.5 Å². The highest BCUT2D eigenvalue weighted by molar-refractivity contribution is 7.15. The molecule has 0 radical (unpaired) electrons. The maximum Gasteiger partial charge on any atom is 0.317 e. The van der Waals surface area contributed by atoms with Crippen LogP contribution in [-0.2, 0) is 16.8 Å². The summed E-state index contributed by atoms with van der Waals surface area (Å²) in [5.74, 6) is -0.776. The number of carboxylic acids is 1. The van der Waals surface area contributed by atoms with Crippen molar-refractivity contribution < 1.29 is 9.90 Å². The molecule has 0 bridgehead atoms. The van der Waals surface area contributed by atoms with E-state index in [1.54, 1.807) is 11.3 Å². The Bertz CT molecular complexity index is 653. The van der Waals surface area contributed by atoms with Gasteiger partial charge in [-0.25, -0.2) is 0 Å². The first kappa shape index (κ1) is 17.7. The van der Waals surface area contributed by atoms with Gasteiger partial charge in [0.25, 0.3) is 0 Å². The fraction of sp³-hybridized carbons (Fsp3) is 0.421. The molecule has 0 spiro atoms. The molecule has 3 nitrogen and oxygen atoms in total. The van der Waals surface area contributed by atoms with Gasteiger partial charge in [-0.15, -0.1) is 11.3 Å². The lowest BCUT2D eigenvalue weighted by atomic mass is 9.86. The van der Waals surface area contributed by atoms with Gasteiger partial charge in [-0.2, -0.15) is 0 Å². The number of carbonyl (C=O) groups is 1. The van der Waals surface area contributed by atoms with E-state index in [2.05, 4.69) is 57.2 Å². The highest BCUT2D eigenvalue weighted by atomic mass is 32.1. The Kier molecular flexibility index (Phi) is 5.60. The van der Waals surface area contributed by atoms with Crippen molar-refractivity contribution in [3.8, 4) is 10.4 Å². The molecule has 23 heavy (non-hydrogen) atoms. The predicted octanol–water partition coefficient (Wildman–Crippen LogP) is 4.62. The van der Waals surface area contributed by atoms with Gasteiger partial charge in [0.05, 0.1) is 6.54 Å². The average Bonchev–Trinajstić information content (AvgIpc) is 2.94. The molecule has 1 aromatic carbocycles. The maximum absolute atomic E-state index is 10.9. The van der Waals surface area contributed by atoms with Crippen LogP contribution in [0, 0.1) is 0 Å². The number of benzene rings is 1. The Morgan fingerprint density at radius 1 is 1.13 bits per heavy atom. The van der Waals surface area contributed by atoms with Crippen LogP contribution in [0.1, 0.15) is 38.1 Å². The number of hydrogen-bond acceptors (Lipinski definition) is 3. The van der Waals surface area contributed by atoms with Crippen LogP contribution in [0.2, 0.25) is 0 Å². The number of carboxylic acid groups (broad SMARTS) is 1. The van der Waals surface area contributed by atoms with Gasteiger partial charge in [0.2, 0.25) is 0 Å². The first-order valence-electron chi connectivity index (χ1n) is 7.93. The highest BCUT2D eigenvalue weighted by Gasteiger charge is 2.14. The van der Waals surface area contributed by atoms with Crippen LogP contribution in [0.4, 0.5) is 0 Å². The fourth-order valence-electron chi connectivity index (χ4n) is 2.44. The third kappa shape index (κ3) is 4.91. The zero-order valence-corrected chi connectivity index (χ0v) is 15.1. The van der Waals surface area contributed by atoms with E-state index in [9.17, 15) is 4.79 Å². The molecule has 2 aromatic rings. The molecular weight excluding hydrogens is 306 g/mol. The quantitative estimate of drug-likeness (QED) is 0.839. The van der Waals surface area contributed by atoms with Crippen molar-refractivity contribution in [3.05, 3.63) is 46.8 Å². The normalized spacial score (nSPS) is 11.9. The summed E-state index contributed by atoms with van der Waals surface area (Å²) in [5, 5.41) is 8.93. The second kappa shape index (κ2) is 7.28. The summed E-state index contributed by atoms with van der Waals surface area (Å²) in [6, 6.07) is 13.0. The summed E-state index contributed by atoms with van der Waals surface area (Å²) in [6.07, 6.45) is 0. The SMILES string of the molecule is CCN(CC(=O)O)Cc1ccc(-c2ccc(C(C)(C)C)cc2)s1. The fourth-order valence-corrected chi connectivity index (χ4v) is 3.50. The van der Waals surface area contributed by atoms with E-state index >= 15 is 0 Å². The third-order valence-electron chi connectivity index (χ3n) is 3.88. The second-order valence-electron chi connectivity index (χ2n) is 6.79. The maximum atomic E-state index is 10.9. The van der Waals surface area contributed by atoms with Crippen molar-refractivity contribution in [3.63, 3.8) is 0 Å². The zero-order chi connectivity index (χ0) is 17.0. The minimum absolute atomic E-state index is 0.0873. The lowest BCUT2D eigenvalue weighted by Gasteiger charge is -2.19. The van der Waals surface area contributed by atoms with Crippen LogP contribution in [-0.4, -0.2) is 29.1 Å².